The van der Waals surface area contributed by atoms with E-state index in [0.29, 0.717) is 24.7 Å². The fraction of sp³-hybridized carbons (Fsp3) is 0.130. The van der Waals surface area contributed by atoms with Crippen LogP contribution >= 0.6 is 0 Å². The third-order valence-electron chi connectivity index (χ3n) is 4.89. The monoisotopic (exact) mass is 443 g/mol. The van der Waals surface area contributed by atoms with Crippen molar-refractivity contribution in [2.45, 2.75) is 19.9 Å². The number of nitrogens with one attached hydrogen (secondary N) is 1. The summed E-state index contributed by atoms with van der Waals surface area (Å²) in [6, 6.07) is 21.4. The highest BCUT2D eigenvalue weighted by Gasteiger charge is 2.12. The summed E-state index contributed by atoms with van der Waals surface area (Å²) in [5.74, 6) is 0.597. The van der Waals surface area contributed by atoms with Gasteiger partial charge < -0.3 is 9.67 Å². The van der Waals surface area contributed by atoms with Crippen LogP contribution in [0, 0.1) is 10.1 Å². The largest absolute Gasteiger partial charge is 0.506 e. The molecule has 4 aromatic rings. The first-order chi connectivity index (χ1) is 16.0. The predicted molar refractivity (Wildman–Crippen MR) is 126 cm³/mol. The lowest BCUT2D eigenvalue weighted by molar-refractivity contribution is -0.384. The number of nitro groups is 1. The smallest absolute Gasteiger partial charge is 0.271 e. The lowest BCUT2D eigenvalue weighted by Gasteiger charge is -2.06. The second kappa shape index (κ2) is 9.69. The molecule has 0 spiro atoms. The maximum absolute atomic E-state index is 11.0. The SMILES string of the molecule is CC/C(N=Nc1nc2ccccc2n1Cc1ccccc1)=N/Nc1cc([N+](=O)[O-])ccc1O. The summed E-state index contributed by atoms with van der Waals surface area (Å²) < 4.78 is 1.97. The number of fused-ring (bicyclic) bond motifs is 1. The lowest BCUT2D eigenvalue weighted by Crippen LogP contribution is -2.00. The molecule has 10 heteroatoms. The van der Waals surface area contributed by atoms with Crippen molar-refractivity contribution in [1.82, 2.24) is 9.55 Å². The van der Waals surface area contributed by atoms with Crippen molar-refractivity contribution in [2.24, 2.45) is 15.3 Å². The first kappa shape index (κ1) is 21.6. The number of hydrogen-bond donors (Lipinski definition) is 2. The highest BCUT2D eigenvalue weighted by Crippen LogP contribution is 2.28. The van der Waals surface area contributed by atoms with Crippen LogP contribution in [0.5, 0.6) is 5.75 Å². The summed E-state index contributed by atoms with van der Waals surface area (Å²) in [6.07, 6.45) is 0.436. The predicted octanol–water partition coefficient (Wildman–Crippen LogP) is 5.62. The Morgan fingerprint density at radius 3 is 2.64 bits per heavy atom. The normalized spacial score (nSPS) is 11.8. The maximum atomic E-state index is 11.0. The van der Waals surface area contributed by atoms with E-state index < -0.39 is 4.92 Å². The standard InChI is InChI=1S/C23H21N7O3/c1-2-22(26-25-19-14-17(30(32)33)12-13-21(19)31)27-28-23-24-18-10-6-7-11-20(18)29(23)15-16-8-4-3-5-9-16/h3-14,25,31H,2,15H2,1H3/b26-22-,28-27?. The van der Waals surface area contributed by atoms with Gasteiger partial charge in [-0.05, 0) is 23.8 Å². The quantitative estimate of drug-likeness (QED) is 0.0956. The van der Waals surface area contributed by atoms with Crippen LogP contribution in [0.3, 0.4) is 0 Å². The molecule has 3 aromatic carbocycles. The van der Waals surface area contributed by atoms with Crippen LogP contribution in [0.1, 0.15) is 18.9 Å². The number of phenolic OH excluding ortho intramolecular Hbond substituents is 1. The Labute approximate surface area is 189 Å². The maximum Gasteiger partial charge on any atom is 0.271 e. The van der Waals surface area contributed by atoms with Crippen LogP contribution in [0.25, 0.3) is 11.0 Å². The second-order valence-electron chi connectivity index (χ2n) is 7.12. The third kappa shape index (κ3) is 5.01. The molecule has 4 rings (SSSR count). The number of rotatable bonds is 7. The van der Waals surface area contributed by atoms with E-state index in [0.717, 1.165) is 16.6 Å². The van der Waals surface area contributed by atoms with Gasteiger partial charge in [-0.25, -0.2) is 4.98 Å². The number of benzene rings is 3. The van der Waals surface area contributed by atoms with Crippen LogP contribution in [-0.4, -0.2) is 25.4 Å². The van der Waals surface area contributed by atoms with E-state index in [2.05, 4.69) is 25.7 Å². The van der Waals surface area contributed by atoms with Gasteiger partial charge in [-0.3, -0.25) is 15.5 Å². The van der Waals surface area contributed by atoms with Gasteiger partial charge in [-0.2, -0.15) is 5.10 Å². The van der Waals surface area contributed by atoms with Crippen molar-refractivity contribution < 1.29 is 10.0 Å². The number of aromatic nitrogens is 2. The molecule has 0 aliphatic heterocycles. The van der Waals surface area contributed by atoms with Crippen molar-refractivity contribution >= 4 is 34.2 Å². The number of para-hydroxylation sites is 2. The van der Waals surface area contributed by atoms with E-state index in [1.165, 1.54) is 18.2 Å². The molecule has 0 fully saturated rings. The van der Waals surface area contributed by atoms with Crippen LogP contribution in [0.15, 0.2) is 88.1 Å². The Bertz CT molecular complexity index is 1350. The Kier molecular flexibility index (Phi) is 6.35. The molecular weight excluding hydrogens is 422 g/mol. The molecule has 0 aliphatic carbocycles. The van der Waals surface area contributed by atoms with Gasteiger partial charge in [0.25, 0.3) is 11.6 Å². The number of hydrazone groups is 1. The molecule has 0 unspecified atom stereocenters. The zero-order chi connectivity index (χ0) is 23.2. The second-order valence-corrected chi connectivity index (χ2v) is 7.12. The molecule has 2 N–H and O–H groups in total. The summed E-state index contributed by atoms with van der Waals surface area (Å²) in [6.45, 7) is 2.42. The molecule has 0 radical (unpaired) electrons. The number of imidazole rings is 1. The Morgan fingerprint density at radius 2 is 1.88 bits per heavy atom. The number of nitrogens with zero attached hydrogens (tertiary/aromatic N) is 6. The van der Waals surface area contributed by atoms with Gasteiger partial charge in [-0.15, -0.1) is 10.2 Å². The number of hydrogen-bond acceptors (Lipinski definition) is 7. The molecule has 0 amide bonds. The molecule has 33 heavy (non-hydrogen) atoms. The van der Waals surface area contributed by atoms with E-state index in [4.69, 9.17) is 0 Å². The average Bonchev–Trinajstić information content (AvgIpc) is 3.18. The van der Waals surface area contributed by atoms with E-state index in [1.54, 1.807) is 0 Å². The molecule has 0 bridgehead atoms. The van der Waals surface area contributed by atoms with Gasteiger partial charge in [0.2, 0.25) is 0 Å². The van der Waals surface area contributed by atoms with Crippen LogP contribution in [0.2, 0.25) is 0 Å². The molecule has 0 atom stereocenters. The van der Waals surface area contributed by atoms with Gasteiger partial charge in [0.05, 0.1) is 22.5 Å². The first-order valence-electron chi connectivity index (χ1n) is 10.3. The van der Waals surface area contributed by atoms with E-state index >= 15 is 0 Å². The molecule has 1 heterocycles. The van der Waals surface area contributed by atoms with Gasteiger partial charge in [0.15, 0.2) is 5.84 Å². The Morgan fingerprint density at radius 1 is 1.12 bits per heavy atom. The zero-order valence-corrected chi connectivity index (χ0v) is 17.8. The van der Waals surface area contributed by atoms with E-state index in [-0.39, 0.29) is 17.1 Å². The summed E-state index contributed by atoms with van der Waals surface area (Å²) >= 11 is 0. The topological polar surface area (TPSA) is 130 Å². The lowest BCUT2D eigenvalue weighted by atomic mass is 10.2. The van der Waals surface area contributed by atoms with Crippen LogP contribution in [0.4, 0.5) is 17.3 Å². The third-order valence-corrected chi connectivity index (χ3v) is 4.89. The Balaban J connectivity index is 1.62. The minimum Gasteiger partial charge on any atom is -0.506 e. The summed E-state index contributed by atoms with van der Waals surface area (Å²) in [7, 11) is 0. The van der Waals surface area contributed by atoms with Crippen LogP contribution in [-0.2, 0) is 6.54 Å². The minimum absolute atomic E-state index is 0.0988. The van der Waals surface area contributed by atoms with Crippen molar-refractivity contribution in [3.05, 3.63) is 88.5 Å². The van der Waals surface area contributed by atoms with Gasteiger partial charge in [0, 0.05) is 18.6 Å². The van der Waals surface area contributed by atoms with Gasteiger partial charge >= 0.3 is 0 Å². The molecule has 0 saturated carbocycles. The summed E-state index contributed by atoms with van der Waals surface area (Å²) in [5, 5.41) is 33.6. The number of aromatic hydroxyl groups is 1. The zero-order valence-electron chi connectivity index (χ0n) is 17.8. The highest BCUT2D eigenvalue weighted by atomic mass is 16.6. The molecule has 0 aliphatic rings. The number of amidine groups is 1. The molecule has 166 valence electrons. The van der Waals surface area contributed by atoms with Crippen molar-refractivity contribution in [2.75, 3.05) is 5.43 Å². The number of phenols is 1. The molecular formula is C23H21N7O3. The summed E-state index contributed by atoms with van der Waals surface area (Å²) in [5.41, 5.74) is 5.40. The molecule has 10 nitrogen and oxygen atoms in total. The number of non-ortho nitro benzene ring substituents is 1. The van der Waals surface area contributed by atoms with Gasteiger partial charge in [0.1, 0.15) is 11.4 Å². The fourth-order valence-corrected chi connectivity index (χ4v) is 3.19. The Hall–Kier alpha value is -4.60. The fourth-order valence-electron chi connectivity index (χ4n) is 3.19. The van der Waals surface area contributed by atoms with Crippen molar-refractivity contribution in [3.63, 3.8) is 0 Å². The molecule has 1 aromatic heterocycles. The summed E-state index contributed by atoms with van der Waals surface area (Å²) in [4.78, 5) is 15.0. The number of azo groups is 1. The van der Waals surface area contributed by atoms with Crippen molar-refractivity contribution in [1.29, 1.82) is 0 Å². The van der Waals surface area contributed by atoms with Gasteiger partial charge in [-0.1, -0.05) is 49.4 Å². The minimum atomic E-state index is -0.550. The number of anilines is 1. The average molecular weight is 443 g/mol. The number of nitro benzene ring substituents is 1. The highest BCUT2D eigenvalue weighted by molar-refractivity contribution is 5.84. The van der Waals surface area contributed by atoms with Crippen molar-refractivity contribution in [3.8, 4) is 5.75 Å². The first-order valence-corrected chi connectivity index (χ1v) is 10.3. The van der Waals surface area contributed by atoms with E-state index in [1.807, 2.05) is 66.1 Å². The van der Waals surface area contributed by atoms with E-state index in [9.17, 15) is 15.2 Å². The molecule has 0 saturated heterocycles. The van der Waals surface area contributed by atoms with Crippen LogP contribution < -0.4 is 5.43 Å².